The normalized spacial score (nSPS) is 16.1. The minimum atomic E-state index is -0.232. The molecular formula is C21H21BrN2O3S. The molecule has 1 aliphatic rings. The van der Waals surface area contributed by atoms with Crippen molar-refractivity contribution < 1.29 is 13.9 Å². The zero-order chi connectivity index (χ0) is 19.5. The van der Waals surface area contributed by atoms with Crippen molar-refractivity contribution in [3.63, 3.8) is 0 Å². The van der Waals surface area contributed by atoms with Crippen LogP contribution in [0.4, 0.5) is 5.00 Å². The first kappa shape index (κ1) is 19.4. The molecule has 1 saturated heterocycles. The number of anilines is 1. The second-order valence-corrected chi connectivity index (χ2v) is 8.85. The number of morpholine rings is 1. The highest BCUT2D eigenvalue weighted by Gasteiger charge is 2.28. The molecule has 3 aromatic rings. The fourth-order valence-electron chi connectivity index (χ4n) is 3.47. The first-order chi connectivity index (χ1) is 13.6. The van der Waals surface area contributed by atoms with E-state index >= 15 is 0 Å². The maximum atomic E-state index is 12.6. The van der Waals surface area contributed by atoms with Gasteiger partial charge in [0.1, 0.15) is 5.00 Å². The summed E-state index contributed by atoms with van der Waals surface area (Å²) >= 11 is 5.11. The van der Waals surface area contributed by atoms with Gasteiger partial charge < -0.3 is 14.5 Å². The van der Waals surface area contributed by atoms with Crippen molar-refractivity contribution in [1.29, 1.82) is 0 Å². The van der Waals surface area contributed by atoms with Crippen molar-refractivity contribution in [2.75, 3.05) is 31.6 Å². The van der Waals surface area contributed by atoms with E-state index in [0.29, 0.717) is 19.0 Å². The SMILES string of the molecule is Cc1cc(C(c2ccc(Br)cc2)N2CCOCC2)c(NC(=O)c2ccco2)s1. The summed E-state index contributed by atoms with van der Waals surface area (Å²) in [4.78, 5) is 16.1. The Labute approximate surface area is 176 Å². The molecule has 1 fully saturated rings. The lowest BCUT2D eigenvalue weighted by atomic mass is 9.98. The van der Waals surface area contributed by atoms with E-state index in [1.54, 1.807) is 23.5 Å². The number of benzene rings is 1. The highest BCUT2D eigenvalue weighted by atomic mass is 79.9. The van der Waals surface area contributed by atoms with Crippen molar-refractivity contribution in [2.45, 2.75) is 13.0 Å². The van der Waals surface area contributed by atoms with Crippen molar-refractivity contribution in [2.24, 2.45) is 0 Å². The molecule has 3 heterocycles. The number of ether oxygens (including phenoxy) is 1. The number of hydrogen-bond donors (Lipinski definition) is 1. The summed E-state index contributed by atoms with van der Waals surface area (Å²) in [5.74, 6) is 0.0770. The van der Waals surface area contributed by atoms with Crippen LogP contribution in [0, 0.1) is 6.92 Å². The van der Waals surface area contributed by atoms with Gasteiger partial charge in [0.05, 0.1) is 25.5 Å². The summed E-state index contributed by atoms with van der Waals surface area (Å²) in [6.45, 7) is 5.19. The van der Waals surface area contributed by atoms with E-state index in [4.69, 9.17) is 9.15 Å². The molecule has 28 heavy (non-hydrogen) atoms. The van der Waals surface area contributed by atoms with Gasteiger partial charge in [0.2, 0.25) is 0 Å². The lowest BCUT2D eigenvalue weighted by molar-refractivity contribution is 0.0241. The number of nitrogens with one attached hydrogen (secondary N) is 1. The molecule has 0 radical (unpaired) electrons. The number of carbonyl (C=O) groups is 1. The number of rotatable bonds is 5. The van der Waals surface area contributed by atoms with Crippen LogP contribution >= 0.6 is 27.3 Å². The number of halogens is 1. The molecule has 0 spiro atoms. The Morgan fingerprint density at radius 2 is 1.96 bits per heavy atom. The number of carbonyl (C=O) groups excluding carboxylic acids is 1. The number of amides is 1. The minimum Gasteiger partial charge on any atom is -0.459 e. The van der Waals surface area contributed by atoms with Gasteiger partial charge in [-0.3, -0.25) is 9.69 Å². The second-order valence-electron chi connectivity index (χ2n) is 6.68. The molecule has 1 amide bonds. The monoisotopic (exact) mass is 460 g/mol. The van der Waals surface area contributed by atoms with Crippen LogP contribution in [0.25, 0.3) is 0 Å². The standard InChI is InChI=1S/C21H21BrN2O3S/c1-14-13-17(21(28-14)23-20(25)18-3-2-10-27-18)19(24-8-11-26-12-9-24)15-4-6-16(22)7-5-15/h2-7,10,13,19H,8-9,11-12H2,1H3,(H,23,25). The van der Waals surface area contributed by atoms with E-state index in [9.17, 15) is 4.79 Å². The van der Waals surface area contributed by atoms with Gasteiger partial charge in [0, 0.05) is 28.0 Å². The lowest BCUT2D eigenvalue weighted by Gasteiger charge is -2.35. The van der Waals surface area contributed by atoms with Gasteiger partial charge in [0.25, 0.3) is 5.91 Å². The molecule has 1 N–H and O–H groups in total. The maximum Gasteiger partial charge on any atom is 0.291 e. The summed E-state index contributed by atoms with van der Waals surface area (Å²) in [5, 5.41) is 3.91. The molecule has 146 valence electrons. The third kappa shape index (κ3) is 4.22. The third-order valence-electron chi connectivity index (χ3n) is 4.75. The molecule has 1 aromatic carbocycles. The summed E-state index contributed by atoms with van der Waals surface area (Å²) in [6, 6.07) is 14.0. The average Bonchev–Trinajstić information content (AvgIpc) is 3.35. The fourth-order valence-corrected chi connectivity index (χ4v) is 4.68. The maximum absolute atomic E-state index is 12.6. The molecule has 7 heteroatoms. The predicted molar refractivity (Wildman–Crippen MR) is 114 cm³/mol. The number of aryl methyl sites for hydroxylation is 1. The summed E-state index contributed by atoms with van der Waals surface area (Å²) < 4.78 is 11.9. The topological polar surface area (TPSA) is 54.7 Å². The zero-order valence-electron chi connectivity index (χ0n) is 15.5. The van der Waals surface area contributed by atoms with E-state index < -0.39 is 0 Å². The average molecular weight is 461 g/mol. The Hall–Kier alpha value is -1.93. The second kappa shape index (κ2) is 8.61. The highest BCUT2D eigenvalue weighted by molar-refractivity contribution is 9.10. The molecule has 2 aromatic heterocycles. The number of hydrogen-bond acceptors (Lipinski definition) is 5. The molecule has 1 aliphatic heterocycles. The largest absolute Gasteiger partial charge is 0.459 e. The van der Waals surface area contributed by atoms with E-state index in [-0.39, 0.29) is 11.9 Å². The molecule has 0 saturated carbocycles. The van der Waals surface area contributed by atoms with E-state index in [0.717, 1.165) is 33.0 Å². The number of nitrogens with zero attached hydrogens (tertiary/aromatic N) is 1. The van der Waals surface area contributed by atoms with Crippen LogP contribution in [-0.4, -0.2) is 37.1 Å². The molecule has 0 bridgehead atoms. The van der Waals surface area contributed by atoms with Gasteiger partial charge in [-0.25, -0.2) is 0 Å². The van der Waals surface area contributed by atoms with Gasteiger partial charge in [-0.15, -0.1) is 11.3 Å². The molecule has 5 nitrogen and oxygen atoms in total. The van der Waals surface area contributed by atoms with E-state index in [2.05, 4.69) is 63.4 Å². The summed E-state index contributed by atoms with van der Waals surface area (Å²) in [7, 11) is 0. The van der Waals surface area contributed by atoms with E-state index in [1.807, 2.05) is 0 Å². The van der Waals surface area contributed by atoms with Crippen molar-refractivity contribution >= 4 is 38.2 Å². The minimum absolute atomic E-state index is 0.0499. The van der Waals surface area contributed by atoms with Crippen LogP contribution in [-0.2, 0) is 4.74 Å². The van der Waals surface area contributed by atoms with Gasteiger partial charge in [0.15, 0.2) is 5.76 Å². The zero-order valence-corrected chi connectivity index (χ0v) is 17.9. The summed E-state index contributed by atoms with van der Waals surface area (Å²) in [6.07, 6.45) is 1.51. The van der Waals surface area contributed by atoms with Crippen molar-refractivity contribution in [1.82, 2.24) is 4.90 Å². The Morgan fingerprint density at radius 1 is 1.21 bits per heavy atom. The lowest BCUT2D eigenvalue weighted by Crippen LogP contribution is -2.39. The first-order valence-corrected chi connectivity index (χ1v) is 10.8. The van der Waals surface area contributed by atoms with Crippen LogP contribution < -0.4 is 5.32 Å². The van der Waals surface area contributed by atoms with Crippen LogP contribution in [0.2, 0.25) is 0 Å². The summed E-state index contributed by atoms with van der Waals surface area (Å²) in [5.41, 5.74) is 2.29. The third-order valence-corrected chi connectivity index (χ3v) is 6.26. The molecule has 0 aliphatic carbocycles. The van der Waals surface area contributed by atoms with Crippen molar-refractivity contribution in [3.05, 3.63) is 75.0 Å². The fraction of sp³-hybridized carbons (Fsp3) is 0.286. The number of thiophene rings is 1. The van der Waals surface area contributed by atoms with Gasteiger partial charge in [-0.1, -0.05) is 28.1 Å². The van der Waals surface area contributed by atoms with Crippen LogP contribution in [0.1, 0.15) is 32.6 Å². The highest BCUT2D eigenvalue weighted by Crippen LogP contribution is 2.39. The smallest absolute Gasteiger partial charge is 0.291 e. The quantitative estimate of drug-likeness (QED) is 0.576. The van der Waals surface area contributed by atoms with Gasteiger partial charge >= 0.3 is 0 Å². The molecule has 1 unspecified atom stereocenters. The first-order valence-electron chi connectivity index (χ1n) is 9.14. The van der Waals surface area contributed by atoms with Gasteiger partial charge in [-0.2, -0.15) is 0 Å². The van der Waals surface area contributed by atoms with Crippen LogP contribution in [0.15, 0.2) is 57.6 Å². The molecule has 4 rings (SSSR count). The van der Waals surface area contributed by atoms with Crippen molar-refractivity contribution in [3.8, 4) is 0 Å². The van der Waals surface area contributed by atoms with Crippen LogP contribution in [0.3, 0.4) is 0 Å². The Balaban J connectivity index is 1.71. The predicted octanol–water partition coefficient (Wildman–Crippen LogP) is 5.09. The van der Waals surface area contributed by atoms with E-state index in [1.165, 1.54) is 11.8 Å². The molecular weight excluding hydrogens is 440 g/mol. The number of furan rings is 1. The van der Waals surface area contributed by atoms with Crippen LogP contribution in [0.5, 0.6) is 0 Å². The van der Waals surface area contributed by atoms with Gasteiger partial charge in [-0.05, 0) is 42.8 Å². The Morgan fingerprint density at radius 3 is 2.64 bits per heavy atom. The molecule has 1 atom stereocenters. The Bertz CT molecular complexity index is 931. The Kier molecular flexibility index (Phi) is 5.96.